The van der Waals surface area contributed by atoms with Crippen LogP contribution in [0.1, 0.15) is 34.1 Å². The first-order valence-electron chi connectivity index (χ1n) is 8.77. The summed E-state index contributed by atoms with van der Waals surface area (Å²) < 4.78 is 1.77. The van der Waals surface area contributed by atoms with Crippen molar-refractivity contribution in [2.45, 2.75) is 19.9 Å². The van der Waals surface area contributed by atoms with Gasteiger partial charge in [-0.05, 0) is 41.8 Å². The van der Waals surface area contributed by atoms with E-state index in [1.165, 1.54) is 11.8 Å². The van der Waals surface area contributed by atoms with Crippen LogP contribution in [0.4, 0.5) is 0 Å². The second-order valence-electron chi connectivity index (χ2n) is 5.96. The van der Waals surface area contributed by atoms with E-state index >= 15 is 0 Å². The number of aromatic nitrogens is 3. The molecule has 1 amide bonds. The summed E-state index contributed by atoms with van der Waals surface area (Å²) in [5.41, 5.74) is 6.15. The predicted octanol–water partition coefficient (Wildman–Crippen LogP) is 3.32. The number of carbonyl (C=O) groups excluding carboxylic acids is 1. The van der Waals surface area contributed by atoms with Crippen LogP contribution in [0.15, 0.2) is 72.0 Å². The van der Waals surface area contributed by atoms with Crippen LogP contribution in [0.3, 0.4) is 0 Å². The van der Waals surface area contributed by atoms with E-state index in [0.29, 0.717) is 12.1 Å². The summed E-state index contributed by atoms with van der Waals surface area (Å²) >= 11 is 0. The first-order chi connectivity index (χ1) is 13.2. The van der Waals surface area contributed by atoms with Crippen molar-refractivity contribution in [2.24, 2.45) is 5.10 Å². The third-order valence-corrected chi connectivity index (χ3v) is 3.96. The summed E-state index contributed by atoms with van der Waals surface area (Å²) in [5, 5.41) is 12.1. The van der Waals surface area contributed by atoms with Crippen LogP contribution in [0.2, 0.25) is 0 Å². The highest BCUT2D eigenvalue weighted by Crippen LogP contribution is 2.05. The van der Waals surface area contributed by atoms with Crippen LogP contribution in [-0.2, 0) is 13.0 Å². The molecular formula is C21H21N5O. The third kappa shape index (κ3) is 5.47. The number of amides is 1. The highest BCUT2D eigenvalue weighted by atomic mass is 16.2. The van der Waals surface area contributed by atoms with Crippen LogP contribution in [0.5, 0.6) is 0 Å². The van der Waals surface area contributed by atoms with E-state index in [4.69, 9.17) is 0 Å². The molecule has 2 aromatic carbocycles. The first-order valence-corrected chi connectivity index (χ1v) is 8.77. The predicted molar refractivity (Wildman–Crippen MR) is 106 cm³/mol. The second kappa shape index (κ2) is 9.24. The minimum absolute atomic E-state index is 0.240. The lowest BCUT2D eigenvalue weighted by molar-refractivity contribution is 0.0955. The molecule has 0 saturated carbocycles. The minimum Gasteiger partial charge on any atom is -0.267 e. The van der Waals surface area contributed by atoms with Crippen LogP contribution < -0.4 is 5.43 Å². The van der Waals surface area contributed by atoms with Gasteiger partial charge in [-0.25, -0.2) is 10.1 Å². The molecule has 0 unspecified atom stereocenters. The average Bonchev–Trinajstić information content (AvgIpc) is 3.15. The second-order valence-corrected chi connectivity index (χ2v) is 5.96. The number of hydrazone groups is 1. The van der Waals surface area contributed by atoms with E-state index < -0.39 is 0 Å². The van der Waals surface area contributed by atoms with Gasteiger partial charge in [0.2, 0.25) is 0 Å². The molecule has 6 nitrogen and oxygen atoms in total. The SMILES string of the molecule is CCc1ccc(C(=O)N/N=C\C=C\c2cn(Cc3ccccc3)nn2)cc1. The Hall–Kier alpha value is -3.54. The van der Waals surface area contributed by atoms with E-state index in [1.807, 2.05) is 48.7 Å². The number of nitrogens with zero attached hydrogens (tertiary/aromatic N) is 4. The molecule has 0 spiro atoms. The number of hydrogen-bond donors (Lipinski definition) is 1. The zero-order valence-corrected chi connectivity index (χ0v) is 15.1. The van der Waals surface area contributed by atoms with Gasteiger partial charge in [0.1, 0.15) is 5.69 Å². The fraction of sp³-hybridized carbons (Fsp3) is 0.143. The lowest BCUT2D eigenvalue weighted by atomic mass is 10.1. The van der Waals surface area contributed by atoms with Gasteiger partial charge in [0.25, 0.3) is 5.91 Å². The number of nitrogens with one attached hydrogen (secondary N) is 1. The van der Waals surface area contributed by atoms with E-state index in [-0.39, 0.29) is 5.91 Å². The van der Waals surface area contributed by atoms with Crippen LogP contribution in [0.25, 0.3) is 6.08 Å². The van der Waals surface area contributed by atoms with Gasteiger partial charge in [0.05, 0.1) is 12.7 Å². The molecule has 3 aromatic rings. The van der Waals surface area contributed by atoms with E-state index in [1.54, 1.807) is 29.0 Å². The van der Waals surface area contributed by atoms with Crippen molar-refractivity contribution in [1.29, 1.82) is 0 Å². The molecule has 136 valence electrons. The van der Waals surface area contributed by atoms with Crippen LogP contribution >= 0.6 is 0 Å². The maximum absolute atomic E-state index is 12.0. The van der Waals surface area contributed by atoms with Gasteiger partial charge in [-0.2, -0.15) is 5.10 Å². The van der Waals surface area contributed by atoms with Crippen molar-refractivity contribution >= 4 is 18.2 Å². The molecule has 1 aromatic heterocycles. The summed E-state index contributed by atoms with van der Waals surface area (Å²) in [6, 6.07) is 17.5. The van der Waals surface area contributed by atoms with Crippen molar-refractivity contribution in [2.75, 3.05) is 0 Å². The normalized spacial score (nSPS) is 11.3. The zero-order valence-electron chi connectivity index (χ0n) is 15.1. The Bertz CT molecular complexity index is 927. The van der Waals surface area contributed by atoms with Gasteiger partial charge in [-0.1, -0.05) is 54.6 Å². The Balaban J connectivity index is 1.49. The molecular weight excluding hydrogens is 338 g/mol. The monoisotopic (exact) mass is 359 g/mol. The molecule has 1 N–H and O–H groups in total. The Labute approximate surface area is 158 Å². The van der Waals surface area contributed by atoms with E-state index in [0.717, 1.165) is 17.7 Å². The molecule has 0 aliphatic rings. The van der Waals surface area contributed by atoms with E-state index in [2.05, 4.69) is 27.8 Å². The Morgan fingerprint density at radius 1 is 1.11 bits per heavy atom. The van der Waals surface area contributed by atoms with Crippen molar-refractivity contribution in [3.05, 3.63) is 89.3 Å². The summed E-state index contributed by atoms with van der Waals surface area (Å²) in [6.07, 6.45) is 7.79. The van der Waals surface area contributed by atoms with Gasteiger partial charge in [0, 0.05) is 11.8 Å². The summed E-state index contributed by atoms with van der Waals surface area (Å²) in [6.45, 7) is 2.74. The first kappa shape index (κ1) is 18.3. The molecule has 1 heterocycles. The number of carbonyl (C=O) groups is 1. The summed E-state index contributed by atoms with van der Waals surface area (Å²) in [7, 11) is 0. The Morgan fingerprint density at radius 2 is 1.89 bits per heavy atom. The number of allylic oxidation sites excluding steroid dienone is 1. The van der Waals surface area contributed by atoms with Gasteiger partial charge >= 0.3 is 0 Å². The van der Waals surface area contributed by atoms with Crippen molar-refractivity contribution < 1.29 is 4.79 Å². The molecule has 3 rings (SSSR count). The highest BCUT2D eigenvalue weighted by molar-refractivity contribution is 5.94. The minimum atomic E-state index is -0.240. The maximum Gasteiger partial charge on any atom is 0.271 e. The summed E-state index contributed by atoms with van der Waals surface area (Å²) in [4.78, 5) is 12.0. The lowest BCUT2D eigenvalue weighted by Gasteiger charge is -2.00. The molecule has 6 heteroatoms. The third-order valence-electron chi connectivity index (χ3n) is 3.96. The van der Waals surface area contributed by atoms with Crippen molar-refractivity contribution in [3.63, 3.8) is 0 Å². The smallest absolute Gasteiger partial charge is 0.267 e. The molecule has 0 aliphatic heterocycles. The van der Waals surface area contributed by atoms with Crippen molar-refractivity contribution in [1.82, 2.24) is 20.4 Å². The number of rotatable bonds is 7. The molecule has 0 saturated heterocycles. The molecule has 0 fully saturated rings. The molecule has 0 aliphatic carbocycles. The average molecular weight is 359 g/mol. The quantitative estimate of drug-likeness (QED) is 0.519. The van der Waals surface area contributed by atoms with Gasteiger partial charge < -0.3 is 0 Å². The highest BCUT2D eigenvalue weighted by Gasteiger charge is 2.03. The maximum atomic E-state index is 12.0. The fourth-order valence-corrected chi connectivity index (χ4v) is 2.47. The van der Waals surface area contributed by atoms with Crippen LogP contribution in [0, 0.1) is 0 Å². The fourth-order valence-electron chi connectivity index (χ4n) is 2.47. The molecule has 27 heavy (non-hydrogen) atoms. The topological polar surface area (TPSA) is 72.2 Å². The number of benzene rings is 2. The van der Waals surface area contributed by atoms with Gasteiger partial charge in [-0.3, -0.25) is 4.79 Å². The summed E-state index contributed by atoms with van der Waals surface area (Å²) in [5.74, 6) is -0.240. The lowest BCUT2D eigenvalue weighted by Crippen LogP contribution is -2.17. The molecule has 0 bridgehead atoms. The molecule has 0 radical (unpaired) electrons. The molecule has 0 atom stereocenters. The van der Waals surface area contributed by atoms with Crippen LogP contribution in [-0.4, -0.2) is 27.1 Å². The van der Waals surface area contributed by atoms with E-state index in [9.17, 15) is 4.79 Å². The van der Waals surface area contributed by atoms with Crippen molar-refractivity contribution in [3.8, 4) is 0 Å². The Kier molecular flexibility index (Phi) is 6.25. The largest absolute Gasteiger partial charge is 0.271 e. The number of aryl methyl sites for hydroxylation is 1. The number of hydrogen-bond acceptors (Lipinski definition) is 4. The standard InChI is InChI=1S/C21H21N5O/c1-2-17-10-12-19(13-11-17)21(27)24-22-14-6-9-20-16-26(25-23-20)15-18-7-4-3-5-8-18/h3-14,16H,2,15H2,1H3,(H,24,27)/b9-6+,22-14-. The Morgan fingerprint density at radius 3 is 2.63 bits per heavy atom. The zero-order chi connectivity index (χ0) is 18.9. The van der Waals surface area contributed by atoms with Gasteiger partial charge in [-0.15, -0.1) is 5.10 Å². The van der Waals surface area contributed by atoms with Gasteiger partial charge in [0.15, 0.2) is 0 Å².